The van der Waals surface area contributed by atoms with Crippen LogP contribution in [0.15, 0.2) is 58.0 Å². The lowest BCUT2D eigenvalue weighted by Crippen LogP contribution is -2.22. The molecule has 1 aromatic heterocycles. The Morgan fingerprint density at radius 2 is 1.70 bits per heavy atom. The van der Waals surface area contributed by atoms with Gasteiger partial charge in [-0.05, 0) is 48.4 Å². The smallest absolute Gasteiger partial charge is 0.271 e. The first-order valence-corrected chi connectivity index (χ1v) is 8.90. The van der Waals surface area contributed by atoms with Crippen molar-refractivity contribution >= 4 is 18.1 Å². The number of nitrogens with zero attached hydrogens (tertiary/aromatic N) is 1. The van der Waals surface area contributed by atoms with Crippen LogP contribution >= 0.6 is 0 Å². The molecule has 0 bridgehead atoms. The van der Waals surface area contributed by atoms with Crippen LogP contribution in [-0.2, 0) is 0 Å². The quantitative estimate of drug-likeness (QED) is 0.475. The number of hydrazone groups is 1. The highest BCUT2D eigenvalue weighted by molar-refractivity contribution is 5.95. The minimum absolute atomic E-state index is 0.0986. The minimum Gasteiger partial charge on any atom is -0.545 e. The number of carbonyl (C=O) groups is 2. The Morgan fingerprint density at radius 1 is 1.00 bits per heavy atom. The molecule has 0 aliphatic heterocycles. The van der Waals surface area contributed by atoms with Gasteiger partial charge in [-0.1, -0.05) is 12.1 Å². The minimum atomic E-state index is -1.23. The monoisotopic (exact) mass is 407 g/mol. The number of benzene rings is 2. The van der Waals surface area contributed by atoms with Crippen LogP contribution in [0.2, 0.25) is 0 Å². The Morgan fingerprint density at radius 3 is 2.30 bits per heavy atom. The number of aromatic carboxylic acids is 1. The molecule has 154 valence electrons. The summed E-state index contributed by atoms with van der Waals surface area (Å²) in [6, 6.07) is 12.8. The zero-order valence-corrected chi connectivity index (χ0v) is 16.6. The van der Waals surface area contributed by atoms with Crippen LogP contribution in [0.1, 0.15) is 32.0 Å². The highest BCUT2D eigenvalue weighted by Gasteiger charge is 2.10. The highest BCUT2D eigenvalue weighted by Crippen LogP contribution is 2.26. The van der Waals surface area contributed by atoms with E-state index in [4.69, 9.17) is 13.9 Å². The van der Waals surface area contributed by atoms with Crippen LogP contribution < -0.4 is 20.0 Å². The molecule has 0 atom stereocenters. The third-order valence-corrected chi connectivity index (χ3v) is 4.33. The summed E-state index contributed by atoms with van der Waals surface area (Å²) in [6.45, 7) is 1.78. The summed E-state index contributed by atoms with van der Waals surface area (Å²) in [5.41, 5.74) is 4.32. The van der Waals surface area contributed by atoms with Gasteiger partial charge in [-0.25, -0.2) is 5.43 Å². The second-order valence-electron chi connectivity index (χ2n) is 6.32. The fourth-order valence-electron chi connectivity index (χ4n) is 2.79. The van der Waals surface area contributed by atoms with Gasteiger partial charge in [-0.2, -0.15) is 5.10 Å². The predicted octanol–water partition coefficient (Wildman–Crippen LogP) is 2.40. The number of furan rings is 1. The fraction of sp³-hybridized carbons (Fsp3) is 0.136. The molecule has 0 aliphatic rings. The van der Waals surface area contributed by atoms with Gasteiger partial charge < -0.3 is 23.8 Å². The van der Waals surface area contributed by atoms with E-state index in [0.29, 0.717) is 28.6 Å². The van der Waals surface area contributed by atoms with Crippen LogP contribution in [0, 0.1) is 6.92 Å². The summed E-state index contributed by atoms with van der Waals surface area (Å²) in [4.78, 5) is 23.3. The lowest BCUT2D eigenvalue weighted by Gasteiger charge is -2.07. The molecular formula is C22H19N2O6-. The first-order valence-electron chi connectivity index (χ1n) is 8.90. The Bertz CT molecular complexity index is 1090. The number of hydrogen-bond donors (Lipinski definition) is 1. The van der Waals surface area contributed by atoms with Gasteiger partial charge in [0.25, 0.3) is 5.91 Å². The van der Waals surface area contributed by atoms with Gasteiger partial charge in [0.15, 0.2) is 0 Å². The average Bonchev–Trinajstić information content (AvgIpc) is 3.21. The van der Waals surface area contributed by atoms with Crippen LogP contribution in [-0.4, -0.2) is 32.3 Å². The molecule has 30 heavy (non-hydrogen) atoms. The van der Waals surface area contributed by atoms with Gasteiger partial charge in [0.2, 0.25) is 0 Å². The number of carboxylic acids is 1. The summed E-state index contributed by atoms with van der Waals surface area (Å²) in [7, 11) is 2.99. The first kappa shape index (κ1) is 20.7. The molecule has 1 amide bonds. The molecule has 0 radical (unpaired) electrons. The maximum atomic E-state index is 12.3. The number of rotatable bonds is 7. The van der Waals surface area contributed by atoms with Crippen molar-refractivity contribution < 1.29 is 28.6 Å². The number of ether oxygens (including phenoxy) is 2. The summed E-state index contributed by atoms with van der Waals surface area (Å²) in [5.74, 6) is 0.253. The summed E-state index contributed by atoms with van der Waals surface area (Å²) in [5, 5.41) is 14.9. The van der Waals surface area contributed by atoms with E-state index in [1.54, 1.807) is 43.3 Å². The zero-order chi connectivity index (χ0) is 21.7. The molecule has 1 N–H and O–H groups in total. The molecule has 0 saturated carbocycles. The third-order valence-electron chi connectivity index (χ3n) is 4.33. The van der Waals surface area contributed by atoms with Crippen LogP contribution in [0.4, 0.5) is 0 Å². The normalized spacial score (nSPS) is 10.8. The Kier molecular flexibility index (Phi) is 6.17. The fourth-order valence-corrected chi connectivity index (χ4v) is 2.79. The molecule has 8 heteroatoms. The third kappa shape index (κ3) is 4.67. The number of aryl methyl sites for hydroxylation is 1. The van der Waals surface area contributed by atoms with Crippen molar-refractivity contribution in [2.75, 3.05) is 14.2 Å². The lowest BCUT2D eigenvalue weighted by atomic mass is 10.0. The van der Waals surface area contributed by atoms with Gasteiger partial charge >= 0.3 is 0 Å². The molecule has 1 heterocycles. The van der Waals surface area contributed by atoms with E-state index in [1.165, 1.54) is 32.6 Å². The van der Waals surface area contributed by atoms with Crippen molar-refractivity contribution in [3.05, 3.63) is 71.0 Å². The second-order valence-corrected chi connectivity index (χ2v) is 6.32. The Hall–Kier alpha value is -4.07. The summed E-state index contributed by atoms with van der Waals surface area (Å²) < 4.78 is 16.0. The van der Waals surface area contributed by atoms with Gasteiger partial charge in [-0.15, -0.1) is 0 Å². The van der Waals surface area contributed by atoms with Crippen LogP contribution in [0.5, 0.6) is 11.5 Å². The first-order chi connectivity index (χ1) is 14.4. The van der Waals surface area contributed by atoms with Gasteiger partial charge in [0.05, 0.1) is 26.4 Å². The number of amides is 1. The van der Waals surface area contributed by atoms with E-state index < -0.39 is 11.9 Å². The average molecular weight is 407 g/mol. The highest BCUT2D eigenvalue weighted by atomic mass is 16.5. The SMILES string of the molecule is COc1cc(OC)cc(C(=O)N/N=C\c2ccc(-c3ccc(C(=O)[O-])cc3C)o2)c1. The number of methoxy groups -OCH3 is 2. The van der Waals surface area contributed by atoms with Gasteiger partial charge in [0.1, 0.15) is 23.0 Å². The number of hydrogen-bond acceptors (Lipinski definition) is 7. The summed E-state index contributed by atoms with van der Waals surface area (Å²) in [6.07, 6.45) is 1.36. The molecule has 0 spiro atoms. The Labute approximate surface area is 172 Å². The maximum Gasteiger partial charge on any atom is 0.271 e. The van der Waals surface area contributed by atoms with Gasteiger partial charge in [0, 0.05) is 17.2 Å². The summed E-state index contributed by atoms with van der Waals surface area (Å²) >= 11 is 0. The van der Waals surface area contributed by atoms with Crippen molar-refractivity contribution in [1.29, 1.82) is 0 Å². The van der Waals surface area contributed by atoms with Crippen LogP contribution in [0.3, 0.4) is 0 Å². The maximum absolute atomic E-state index is 12.3. The molecule has 2 aromatic carbocycles. The van der Waals surface area contributed by atoms with E-state index in [-0.39, 0.29) is 5.56 Å². The van der Waals surface area contributed by atoms with Crippen molar-refractivity contribution in [2.45, 2.75) is 6.92 Å². The Balaban J connectivity index is 1.71. The molecular weight excluding hydrogens is 388 g/mol. The van der Waals surface area contributed by atoms with E-state index in [0.717, 1.165) is 11.1 Å². The van der Waals surface area contributed by atoms with E-state index in [9.17, 15) is 14.7 Å². The molecule has 0 fully saturated rings. The van der Waals surface area contributed by atoms with Crippen molar-refractivity contribution in [2.24, 2.45) is 5.10 Å². The second kappa shape index (κ2) is 8.95. The van der Waals surface area contributed by atoms with Crippen molar-refractivity contribution in [3.8, 4) is 22.8 Å². The number of carboxylic acid groups (broad SMARTS) is 1. The molecule has 8 nitrogen and oxygen atoms in total. The zero-order valence-electron chi connectivity index (χ0n) is 16.6. The standard InChI is InChI=1S/C22H20N2O6/c1-13-8-14(22(26)27)4-6-19(13)20-7-5-16(30-20)12-23-24-21(25)15-9-17(28-2)11-18(10-15)29-3/h4-12H,1-3H3,(H,24,25)(H,26,27)/p-1/b23-12-. The largest absolute Gasteiger partial charge is 0.545 e. The van der Waals surface area contributed by atoms with Crippen molar-refractivity contribution in [3.63, 3.8) is 0 Å². The molecule has 0 aliphatic carbocycles. The van der Waals surface area contributed by atoms with Crippen LogP contribution in [0.25, 0.3) is 11.3 Å². The van der Waals surface area contributed by atoms with E-state index in [1.807, 2.05) is 0 Å². The lowest BCUT2D eigenvalue weighted by molar-refractivity contribution is -0.255. The molecule has 3 aromatic rings. The molecule has 0 saturated heterocycles. The molecule has 3 rings (SSSR count). The molecule has 0 unspecified atom stereocenters. The number of carbonyl (C=O) groups excluding carboxylic acids is 2. The van der Waals surface area contributed by atoms with Gasteiger partial charge in [-0.3, -0.25) is 4.79 Å². The number of nitrogens with one attached hydrogen (secondary N) is 1. The van der Waals surface area contributed by atoms with Crippen molar-refractivity contribution in [1.82, 2.24) is 5.43 Å². The topological polar surface area (TPSA) is 113 Å². The van der Waals surface area contributed by atoms with E-state index in [2.05, 4.69) is 10.5 Å². The predicted molar refractivity (Wildman–Crippen MR) is 108 cm³/mol. The van der Waals surface area contributed by atoms with E-state index >= 15 is 0 Å².